The van der Waals surface area contributed by atoms with Crippen LogP contribution in [0.1, 0.15) is 49.6 Å². The molecule has 0 N–H and O–H groups in total. The van der Waals surface area contributed by atoms with Gasteiger partial charge in [0.2, 0.25) is 0 Å². The fourth-order valence-electron chi connectivity index (χ4n) is 4.23. The summed E-state index contributed by atoms with van der Waals surface area (Å²) in [6.07, 6.45) is 7.80. The van der Waals surface area contributed by atoms with Gasteiger partial charge in [-0.2, -0.15) is 5.10 Å². The molecule has 0 aliphatic carbocycles. The molecular formula is C23H26N6O. The molecule has 3 aromatic rings. The third kappa shape index (κ3) is 3.67. The first kappa shape index (κ1) is 18.8. The minimum absolute atomic E-state index is 0.139. The highest BCUT2D eigenvalue weighted by atomic mass is 16.5. The number of nitrogens with zero attached hydrogens (tertiary/aromatic N) is 6. The third-order valence-corrected chi connectivity index (χ3v) is 5.70. The molecular weight excluding hydrogens is 376 g/mol. The Balaban J connectivity index is 1.34. The number of hydrogen-bond donors (Lipinski definition) is 0. The molecule has 0 saturated carbocycles. The van der Waals surface area contributed by atoms with E-state index < -0.39 is 0 Å². The average Bonchev–Trinajstić information content (AvgIpc) is 3.44. The summed E-state index contributed by atoms with van der Waals surface area (Å²) in [6.45, 7) is 6.66. The average molecular weight is 403 g/mol. The minimum atomic E-state index is 0.139. The molecule has 0 spiro atoms. The second kappa shape index (κ2) is 7.89. The standard InChI is InChI=1S/C23H26N6O/c1-16(2)30-19-5-4-17-14-24-23(20(17)12-19)21-13-22(26-15-25-21)28-10-6-18(7-11-28)29-9-3-8-27-29/h3-5,8-9,12-13,15-16,18H,6-7,10-11,14H2,1-2H3. The number of ether oxygens (including phenoxy) is 1. The molecule has 154 valence electrons. The molecule has 0 atom stereocenters. The Kier molecular flexibility index (Phi) is 4.94. The number of anilines is 1. The summed E-state index contributed by atoms with van der Waals surface area (Å²) in [6, 6.07) is 10.7. The van der Waals surface area contributed by atoms with E-state index in [1.165, 1.54) is 5.56 Å². The number of fused-ring (bicyclic) bond motifs is 1. The predicted octanol–water partition coefficient (Wildman–Crippen LogP) is 3.65. The molecule has 1 fully saturated rings. The van der Waals surface area contributed by atoms with Crippen LogP contribution in [0.2, 0.25) is 0 Å². The fraction of sp³-hybridized carbons (Fsp3) is 0.391. The van der Waals surface area contributed by atoms with Crippen LogP contribution in [-0.4, -0.2) is 44.7 Å². The van der Waals surface area contributed by atoms with Gasteiger partial charge in [0, 0.05) is 37.1 Å². The van der Waals surface area contributed by atoms with Gasteiger partial charge in [0.15, 0.2) is 0 Å². The van der Waals surface area contributed by atoms with Crippen LogP contribution in [0, 0.1) is 0 Å². The van der Waals surface area contributed by atoms with Gasteiger partial charge < -0.3 is 9.64 Å². The maximum absolute atomic E-state index is 5.88. The lowest BCUT2D eigenvalue weighted by Gasteiger charge is -2.32. The van der Waals surface area contributed by atoms with Crippen molar-refractivity contribution in [2.75, 3.05) is 18.0 Å². The van der Waals surface area contributed by atoms with Crippen LogP contribution >= 0.6 is 0 Å². The highest BCUT2D eigenvalue weighted by molar-refractivity contribution is 6.14. The van der Waals surface area contributed by atoms with E-state index in [0.717, 1.165) is 54.5 Å². The van der Waals surface area contributed by atoms with Crippen LogP contribution in [0.5, 0.6) is 5.75 Å². The number of benzene rings is 1. The molecule has 30 heavy (non-hydrogen) atoms. The van der Waals surface area contributed by atoms with E-state index in [4.69, 9.17) is 9.73 Å². The summed E-state index contributed by atoms with van der Waals surface area (Å²) in [7, 11) is 0. The molecule has 5 rings (SSSR count). The van der Waals surface area contributed by atoms with Crippen LogP contribution in [0.4, 0.5) is 5.82 Å². The van der Waals surface area contributed by atoms with Gasteiger partial charge in [-0.15, -0.1) is 0 Å². The Labute approximate surface area is 176 Å². The Morgan fingerprint density at radius 2 is 1.97 bits per heavy atom. The van der Waals surface area contributed by atoms with E-state index in [9.17, 15) is 0 Å². The zero-order valence-electron chi connectivity index (χ0n) is 17.4. The van der Waals surface area contributed by atoms with E-state index in [1.807, 2.05) is 32.2 Å². The number of aliphatic imine (C=N–C) groups is 1. The van der Waals surface area contributed by atoms with E-state index in [-0.39, 0.29) is 6.10 Å². The summed E-state index contributed by atoms with van der Waals surface area (Å²) in [4.78, 5) is 16.2. The maximum Gasteiger partial charge on any atom is 0.132 e. The first-order valence-electron chi connectivity index (χ1n) is 10.6. The normalized spacial score (nSPS) is 16.6. The van der Waals surface area contributed by atoms with Crippen molar-refractivity contribution >= 4 is 11.5 Å². The topological polar surface area (TPSA) is 68.4 Å². The lowest BCUT2D eigenvalue weighted by atomic mass is 10.0. The molecule has 1 saturated heterocycles. The summed E-state index contributed by atoms with van der Waals surface area (Å²) in [5.41, 5.74) is 4.11. The molecule has 2 aliphatic rings. The summed E-state index contributed by atoms with van der Waals surface area (Å²) in [5, 5.41) is 4.40. The number of hydrogen-bond acceptors (Lipinski definition) is 6. The van der Waals surface area contributed by atoms with Gasteiger partial charge in [0.25, 0.3) is 0 Å². The molecule has 0 radical (unpaired) electrons. The maximum atomic E-state index is 5.88. The van der Waals surface area contributed by atoms with Crippen LogP contribution in [0.15, 0.2) is 54.0 Å². The minimum Gasteiger partial charge on any atom is -0.491 e. The van der Waals surface area contributed by atoms with E-state index in [0.29, 0.717) is 12.6 Å². The zero-order valence-corrected chi connectivity index (χ0v) is 17.4. The van der Waals surface area contributed by atoms with E-state index in [2.05, 4.69) is 49.0 Å². The number of aromatic nitrogens is 4. The Morgan fingerprint density at radius 1 is 1.10 bits per heavy atom. The van der Waals surface area contributed by atoms with Gasteiger partial charge in [-0.1, -0.05) is 6.07 Å². The molecule has 2 aromatic heterocycles. The van der Waals surface area contributed by atoms with Crippen molar-refractivity contribution in [3.63, 3.8) is 0 Å². The Morgan fingerprint density at radius 3 is 2.73 bits per heavy atom. The number of rotatable bonds is 5. The van der Waals surface area contributed by atoms with Gasteiger partial charge in [-0.05, 0) is 50.5 Å². The first-order valence-corrected chi connectivity index (χ1v) is 10.6. The van der Waals surface area contributed by atoms with E-state index in [1.54, 1.807) is 6.33 Å². The highest BCUT2D eigenvalue weighted by Crippen LogP contribution is 2.29. The van der Waals surface area contributed by atoms with Crippen molar-refractivity contribution in [3.05, 3.63) is 65.9 Å². The molecule has 2 aliphatic heterocycles. The molecule has 0 bridgehead atoms. The lowest BCUT2D eigenvalue weighted by Crippen LogP contribution is -2.35. The van der Waals surface area contributed by atoms with Crippen LogP contribution in [0.25, 0.3) is 0 Å². The molecule has 4 heterocycles. The first-order chi connectivity index (χ1) is 14.7. The second-order valence-electron chi connectivity index (χ2n) is 8.12. The van der Waals surface area contributed by atoms with Crippen molar-refractivity contribution in [3.8, 4) is 5.75 Å². The van der Waals surface area contributed by atoms with Gasteiger partial charge in [0.05, 0.1) is 30.1 Å². The van der Waals surface area contributed by atoms with Gasteiger partial charge in [-0.3, -0.25) is 9.67 Å². The smallest absolute Gasteiger partial charge is 0.132 e. The van der Waals surface area contributed by atoms with Crippen LogP contribution in [0.3, 0.4) is 0 Å². The van der Waals surface area contributed by atoms with E-state index >= 15 is 0 Å². The predicted molar refractivity (Wildman–Crippen MR) is 116 cm³/mol. The summed E-state index contributed by atoms with van der Waals surface area (Å²) < 4.78 is 7.95. The van der Waals surface area contributed by atoms with Crippen molar-refractivity contribution in [1.82, 2.24) is 19.7 Å². The molecule has 0 unspecified atom stereocenters. The van der Waals surface area contributed by atoms with Crippen molar-refractivity contribution in [2.24, 2.45) is 4.99 Å². The number of piperidine rings is 1. The molecule has 7 nitrogen and oxygen atoms in total. The van der Waals surface area contributed by atoms with Crippen LogP contribution in [-0.2, 0) is 6.54 Å². The van der Waals surface area contributed by atoms with Crippen molar-refractivity contribution in [1.29, 1.82) is 0 Å². The lowest BCUT2D eigenvalue weighted by molar-refractivity contribution is 0.242. The van der Waals surface area contributed by atoms with Gasteiger partial charge >= 0.3 is 0 Å². The summed E-state index contributed by atoms with van der Waals surface area (Å²) in [5.74, 6) is 1.83. The molecule has 0 amide bonds. The largest absolute Gasteiger partial charge is 0.491 e. The Bertz CT molecular complexity index is 1050. The second-order valence-corrected chi connectivity index (χ2v) is 8.12. The van der Waals surface area contributed by atoms with Gasteiger partial charge in [-0.25, -0.2) is 9.97 Å². The van der Waals surface area contributed by atoms with Crippen LogP contribution < -0.4 is 9.64 Å². The quantitative estimate of drug-likeness (QED) is 0.652. The van der Waals surface area contributed by atoms with Crippen molar-refractivity contribution in [2.45, 2.75) is 45.4 Å². The highest BCUT2D eigenvalue weighted by Gasteiger charge is 2.24. The third-order valence-electron chi connectivity index (χ3n) is 5.70. The monoisotopic (exact) mass is 402 g/mol. The van der Waals surface area contributed by atoms with Gasteiger partial charge in [0.1, 0.15) is 17.9 Å². The Hall–Kier alpha value is -3.22. The van der Waals surface area contributed by atoms with Crippen molar-refractivity contribution < 1.29 is 4.74 Å². The zero-order chi connectivity index (χ0) is 20.5. The fourth-order valence-corrected chi connectivity index (χ4v) is 4.23. The molecule has 7 heteroatoms. The summed E-state index contributed by atoms with van der Waals surface area (Å²) >= 11 is 0. The SMILES string of the molecule is CC(C)Oc1ccc2c(c1)C(c1cc(N3CCC(n4cccn4)CC3)ncn1)=NC2. The molecule has 1 aromatic carbocycles.